The molecule has 1 amide bonds. The van der Waals surface area contributed by atoms with Gasteiger partial charge >= 0.3 is 0 Å². The zero-order chi connectivity index (χ0) is 22.5. The second-order valence-corrected chi connectivity index (χ2v) is 9.12. The van der Waals surface area contributed by atoms with Crippen LogP contribution in [0, 0.1) is 5.41 Å². The molecule has 0 saturated carbocycles. The molecule has 7 nitrogen and oxygen atoms in total. The number of hydrogen-bond acceptors (Lipinski definition) is 5. The first-order valence-electron chi connectivity index (χ1n) is 10.6. The number of rotatable bonds is 3. The maximum Gasteiger partial charge on any atom is 0.261 e. The van der Waals surface area contributed by atoms with Gasteiger partial charge < -0.3 is 15.7 Å². The molecule has 0 fully saturated rings. The Balaban J connectivity index is 1.60. The van der Waals surface area contributed by atoms with Crippen molar-refractivity contribution in [3.63, 3.8) is 0 Å². The molecule has 0 radical (unpaired) electrons. The van der Waals surface area contributed by atoms with E-state index in [0.717, 1.165) is 11.3 Å². The van der Waals surface area contributed by atoms with Gasteiger partial charge in [0.2, 0.25) is 0 Å². The Bertz CT molecular complexity index is 1240. The Morgan fingerprint density at radius 1 is 1.12 bits per heavy atom. The highest BCUT2D eigenvalue weighted by Crippen LogP contribution is 2.46. The maximum atomic E-state index is 13.2. The normalized spacial score (nSPS) is 19.1. The molecular formula is C25H24N4O3. The quantitative estimate of drug-likeness (QED) is 0.571. The van der Waals surface area contributed by atoms with Gasteiger partial charge in [-0.2, -0.15) is 5.10 Å². The van der Waals surface area contributed by atoms with Gasteiger partial charge in [-0.05, 0) is 41.7 Å². The summed E-state index contributed by atoms with van der Waals surface area (Å²) in [6.45, 7) is 4.14. The average molecular weight is 428 g/mol. The third-order valence-electron chi connectivity index (χ3n) is 5.99. The number of benzene rings is 2. The van der Waals surface area contributed by atoms with Gasteiger partial charge in [-0.3, -0.25) is 9.59 Å². The number of nitrogens with zero attached hydrogens (tertiary/aromatic N) is 2. The fourth-order valence-corrected chi connectivity index (χ4v) is 4.56. The van der Waals surface area contributed by atoms with Crippen molar-refractivity contribution in [1.82, 2.24) is 9.78 Å². The SMILES string of the molecule is CC1(C)CC(=O)C2=C(C1)Nc1c(C(=O)Nc3ccccc3)cnn1[C@H]2c1ccc(O)cc1. The van der Waals surface area contributed by atoms with Crippen LogP contribution in [-0.2, 0) is 4.79 Å². The van der Waals surface area contributed by atoms with E-state index < -0.39 is 6.04 Å². The summed E-state index contributed by atoms with van der Waals surface area (Å²) >= 11 is 0. The lowest BCUT2D eigenvalue weighted by Crippen LogP contribution is -2.36. The summed E-state index contributed by atoms with van der Waals surface area (Å²) < 4.78 is 1.70. The molecule has 1 aliphatic heterocycles. The summed E-state index contributed by atoms with van der Waals surface area (Å²) in [6, 6.07) is 15.6. The predicted octanol–water partition coefficient (Wildman–Crippen LogP) is 4.50. The number of allylic oxidation sites excluding steroid dienone is 2. The molecule has 32 heavy (non-hydrogen) atoms. The number of carbonyl (C=O) groups is 2. The van der Waals surface area contributed by atoms with Gasteiger partial charge in [0, 0.05) is 23.4 Å². The van der Waals surface area contributed by atoms with Crippen LogP contribution in [0.3, 0.4) is 0 Å². The minimum absolute atomic E-state index is 0.0678. The minimum atomic E-state index is -0.469. The highest BCUT2D eigenvalue weighted by atomic mass is 16.3. The Morgan fingerprint density at radius 3 is 2.56 bits per heavy atom. The number of anilines is 2. The van der Waals surface area contributed by atoms with Crippen LogP contribution in [0.4, 0.5) is 11.5 Å². The van der Waals surface area contributed by atoms with Crippen LogP contribution in [0.5, 0.6) is 5.75 Å². The number of fused-ring (bicyclic) bond motifs is 1. The van der Waals surface area contributed by atoms with E-state index in [4.69, 9.17) is 0 Å². The summed E-state index contributed by atoms with van der Waals surface area (Å²) in [7, 11) is 0. The van der Waals surface area contributed by atoms with E-state index in [1.165, 1.54) is 6.20 Å². The summed E-state index contributed by atoms with van der Waals surface area (Å²) in [5, 5.41) is 20.5. The van der Waals surface area contributed by atoms with Gasteiger partial charge in [0.25, 0.3) is 5.91 Å². The molecule has 0 saturated heterocycles. The minimum Gasteiger partial charge on any atom is -0.508 e. The highest BCUT2D eigenvalue weighted by molar-refractivity contribution is 6.08. The number of aromatic hydroxyl groups is 1. The number of amides is 1. The standard InChI is InChI=1S/C25H24N4O3/c1-25(2)12-19-21(20(31)13-25)22(15-8-10-17(30)11-9-15)29-23(28-19)18(14-26-29)24(32)27-16-6-4-3-5-7-16/h3-11,14,22,28,30H,12-13H2,1-2H3,(H,27,32)/t22-/m0/s1. The number of nitrogens with one attached hydrogen (secondary N) is 2. The van der Waals surface area contributed by atoms with Crippen molar-refractivity contribution in [2.24, 2.45) is 5.41 Å². The fraction of sp³-hybridized carbons (Fsp3) is 0.240. The molecule has 3 aromatic rings. The smallest absolute Gasteiger partial charge is 0.261 e. The van der Waals surface area contributed by atoms with E-state index in [9.17, 15) is 14.7 Å². The molecule has 1 aromatic heterocycles. The summed E-state index contributed by atoms with van der Waals surface area (Å²) in [5.74, 6) is 0.496. The van der Waals surface area contributed by atoms with E-state index in [-0.39, 0.29) is 22.9 Å². The Kier molecular flexibility index (Phi) is 4.62. The number of Topliss-reactive ketones (excluding diaryl/α,β-unsaturated/α-hetero) is 1. The number of ketones is 1. The van der Waals surface area contributed by atoms with Crippen molar-refractivity contribution in [1.29, 1.82) is 0 Å². The number of aromatic nitrogens is 2. The van der Waals surface area contributed by atoms with Crippen molar-refractivity contribution < 1.29 is 14.7 Å². The molecule has 0 unspecified atom stereocenters. The first-order valence-corrected chi connectivity index (χ1v) is 10.6. The second-order valence-electron chi connectivity index (χ2n) is 9.12. The van der Waals surface area contributed by atoms with Gasteiger partial charge in [-0.1, -0.05) is 44.2 Å². The van der Waals surface area contributed by atoms with Crippen LogP contribution in [0.2, 0.25) is 0 Å². The molecule has 2 heterocycles. The molecule has 162 valence electrons. The molecule has 2 aromatic carbocycles. The monoisotopic (exact) mass is 428 g/mol. The largest absolute Gasteiger partial charge is 0.508 e. The average Bonchev–Trinajstić information content (AvgIpc) is 3.16. The number of phenols is 1. The fourth-order valence-electron chi connectivity index (χ4n) is 4.56. The van der Waals surface area contributed by atoms with E-state index >= 15 is 0 Å². The lowest BCUT2D eigenvalue weighted by atomic mass is 9.73. The first-order chi connectivity index (χ1) is 15.3. The lowest BCUT2D eigenvalue weighted by molar-refractivity contribution is -0.118. The molecule has 0 bridgehead atoms. The third-order valence-corrected chi connectivity index (χ3v) is 5.99. The molecule has 2 aliphatic rings. The van der Waals surface area contributed by atoms with Crippen LogP contribution < -0.4 is 10.6 Å². The first kappa shape index (κ1) is 20.1. The van der Waals surface area contributed by atoms with E-state index in [1.54, 1.807) is 28.9 Å². The van der Waals surface area contributed by atoms with Crippen LogP contribution in [0.25, 0.3) is 0 Å². The topological polar surface area (TPSA) is 96.3 Å². The molecule has 3 N–H and O–H groups in total. The lowest BCUT2D eigenvalue weighted by Gasteiger charge is -2.39. The van der Waals surface area contributed by atoms with Crippen molar-refractivity contribution in [2.45, 2.75) is 32.7 Å². The Morgan fingerprint density at radius 2 is 1.84 bits per heavy atom. The zero-order valence-electron chi connectivity index (χ0n) is 17.9. The van der Waals surface area contributed by atoms with Crippen LogP contribution in [0.1, 0.15) is 48.7 Å². The third kappa shape index (κ3) is 3.45. The number of phenolic OH excluding ortho intramolecular Hbond substituents is 1. The van der Waals surface area contributed by atoms with E-state index in [0.29, 0.717) is 35.5 Å². The molecular weight excluding hydrogens is 404 g/mol. The maximum absolute atomic E-state index is 13.2. The zero-order valence-corrected chi connectivity index (χ0v) is 17.9. The van der Waals surface area contributed by atoms with Gasteiger partial charge in [0.15, 0.2) is 5.78 Å². The van der Waals surface area contributed by atoms with E-state index in [1.807, 2.05) is 30.3 Å². The molecule has 5 rings (SSSR count). The van der Waals surface area contributed by atoms with Gasteiger partial charge in [-0.25, -0.2) is 4.68 Å². The molecule has 0 spiro atoms. The highest BCUT2D eigenvalue weighted by Gasteiger charge is 2.42. The number of carbonyl (C=O) groups excluding carboxylic acids is 2. The molecule has 7 heteroatoms. The van der Waals surface area contributed by atoms with Gasteiger partial charge in [-0.15, -0.1) is 0 Å². The molecule has 1 atom stereocenters. The van der Waals surface area contributed by atoms with Crippen molar-refractivity contribution in [3.05, 3.63) is 83.2 Å². The molecule has 1 aliphatic carbocycles. The van der Waals surface area contributed by atoms with Crippen LogP contribution >= 0.6 is 0 Å². The van der Waals surface area contributed by atoms with Crippen LogP contribution in [0.15, 0.2) is 72.1 Å². The van der Waals surface area contributed by atoms with E-state index in [2.05, 4.69) is 29.6 Å². The van der Waals surface area contributed by atoms with Crippen molar-refractivity contribution >= 4 is 23.2 Å². The number of para-hydroxylation sites is 1. The second kappa shape index (κ2) is 7.37. The van der Waals surface area contributed by atoms with Crippen LogP contribution in [-0.4, -0.2) is 26.6 Å². The van der Waals surface area contributed by atoms with Gasteiger partial charge in [0.1, 0.15) is 23.2 Å². The Hall–Kier alpha value is -3.87. The summed E-state index contributed by atoms with van der Waals surface area (Å²) in [4.78, 5) is 26.3. The predicted molar refractivity (Wildman–Crippen MR) is 122 cm³/mol. The van der Waals surface area contributed by atoms with Gasteiger partial charge in [0.05, 0.1) is 6.20 Å². The Labute approximate surface area is 185 Å². The number of hydrogen-bond donors (Lipinski definition) is 3. The summed E-state index contributed by atoms with van der Waals surface area (Å²) in [6.07, 6.45) is 2.66. The van der Waals surface area contributed by atoms with Crippen molar-refractivity contribution in [2.75, 3.05) is 10.6 Å². The summed E-state index contributed by atoms with van der Waals surface area (Å²) in [5.41, 5.74) is 3.23. The van der Waals surface area contributed by atoms with Crippen molar-refractivity contribution in [3.8, 4) is 5.75 Å².